The minimum atomic E-state index is -0.873. The first-order valence-corrected chi connectivity index (χ1v) is 7.82. The lowest BCUT2D eigenvalue weighted by atomic mass is 9.98. The molecule has 0 saturated carbocycles. The quantitative estimate of drug-likeness (QED) is 0.719. The zero-order chi connectivity index (χ0) is 15.1. The highest BCUT2D eigenvalue weighted by molar-refractivity contribution is 5.65. The maximum Gasteiger partial charge on any atom is 0.138 e. The molecule has 1 fully saturated rings. The van der Waals surface area contributed by atoms with Gasteiger partial charge in [0.15, 0.2) is 0 Å². The van der Waals surface area contributed by atoms with Gasteiger partial charge in [0.2, 0.25) is 0 Å². The summed E-state index contributed by atoms with van der Waals surface area (Å²) in [5.41, 5.74) is 6.00. The molecule has 1 nitrogen and oxygen atoms in total. The molecule has 1 aliphatic carbocycles. The number of rotatable bonds is 2. The standard InChI is InChI=1S/C19H24FN/c1-12-8-17(9-13(2)14(12)3)15(4)21-11-16-6-5-7-18(20)19(21)10-16/h5,7-9,16,18-19H,4,6,10-11H2,1-3H3. The van der Waals surface area contributed by atoms with E-state index in [2.05, 4.69) is 44.4 Å². The SMILES string of the molecule is C=C(c1cc(C)c(C)c(C)c1)N1CC2CC=CC(F)C1C2. The molecule has 2 bridgehead atoms. The summed E-state index contributed by atoms with van der Waals surface area (Å²) >= 11 is 0. The van der Waals surface area contributed by atoms with Crippen molar-refractivity contribution in [3.05, 3.63) is 53.1 Å². The summed E-state index contributed by atoms with van der Waals surface area (Å²) in [5.74, 6) is 0.566. The molecule has 1 saturated heterocycles. The topological polar surface area (TPSA) is 3.24 Å². The number of aryl methyl sites for hydroxylation is 2. The highest BCUT2D eigenvalue weighted by atomic mass is 19.1. The van der Waals surface area contributed by atoms with Crippen LogP contribution in [-0.4, -0.2) is 23.7 Å². The van der Waals surface area contributed by atoms with E-state index < -0.39 is 6.17 Å². The van der Waals surface area contributed by atoms with Crippen LogP contribution in [0.15, 0.2) is 30.9 Å². The Morgan fingerprint density at radius 3 is 2.57 bits per heavy atom. The van der Waals surface area contributed by atoms with Crippen LogP contribution < -0.4 is 0 Å². The van der Waals surface area contributed by atoms with Crippen molar-refractivity contribution in [2.45, 2.75) is 45.8 Å². The van der Waals surface area contributed by atoms with Gasteiger partial charge in [-0.15, -0.1) is 0 Å². The lowest BCUT2D eigenvalue weighted by molar-refractivity contribution is 0.236. The molecule has 2 aliphatic rings. The van der Waals surface area contributed by atoms with Crippen molar-refractivity contribution in [3.8, 4) is 0 Å². The van der Waals surface area contributed by atoms with Crippen molar-refractivity contribution in [1.29, 1.82) is 0 Å². The Bertz CT molecular complexity index is 579. The van der Waals surface area contributed by atoms with Crippen LogP contribution in [0.5, 0.6) is 0 Å². The molecule has 1 aromatic carbocycles. The van der Waals surface area contributed by atoms with Gasteiger partial charge in [0.25, 0.3) is 0 Å². The van der Waals surface area contributed by atoms with Crippen LogP contribution in [0.1, 0.15) is 35.1 Å². The molecule has 1 aliphatic heterocycles. The maximum atomic E-state index is 14.3. The third kappa shape index (κ3) is 2.52. The molecule has 0 aromatic heterocycles. The molecule has 112 valence electrons. The Balaban J connectivity index is 1.91. The van der Waals surface area contributed by atoms with Crippen molar-refractivity contribution in [2.75, 3.05) is 6.54 Å². The van der Waals surface area contributed by atoms with E-state index in [4.69, 9.17) is 0 Å². The Kier molecular flexibility index (Phi) is 3.64. The van der Waals surface area contributed by atoms with Crippen LogP contribution in [0.25, 0.3) is 5.70 Å². The Labute approximate surface area is 127 Å². The molecule has 3 atom stereocenters. The number of likely N-dealkylation sites (tertiary alicyclic amines) is 1. The van der Waals surface area contributed by atoms with Crippen LogP contribution in [0.2, 0.25) is 0 Å². The number of allylic oxidation sites excluding steroid dienone is 1. The smallest absolute Gasteiger partial charge is 0.138 e. The fourth-order valence-electron chi connectivity index (χ4n) is 3.64. The number of alkyl halides is 1. The molecule has 2 heteroatoms. The van der Waals surface area contributed by atoms with E-state index in [1.165, 1.54) is 16.7 Å². The minimum absolute atomic E-state index is 0.0387. The predicted molar refractivity (Wildman–Crippen MR) is 86.9 cm³/mol. The monoisotopic (exact) mass is 285 g/mol. The van der Waals surface area contributed by atoms with Crippen LogP contribution in [0.4, 0.5) is 4.39 Å². The normalized spacial score (nSPS) is 27.8. The summed E-state index contributed by atoms with van der Waals surface area (Å²) < 4.78 is 14.3. The van der Waals surface area contributed by atoms with Gasteiger partial charge < -0.3 is 4.90 Å². The molecule has 0 radical (unpaired) electrons. The molecule has 0 N–H and O–H groups in total. The second-order valence-corrected chi connectivity index (χ2v) is 6.61. The van der Waals surface area contributed by atoms with Crippen molar-refractivity contribution >= 4 is 5.70 Å². The first-order valence-electron chi connectivity index (χ1n) is 7.82. The van der Waals surface area contributed by atoms with E-state index in [9.17, 15) is 4.39 Å². The summed E-state index contributed by atoms with van der Waals surface area (Å²) in [5, 5.41) is 0. The van der Waals surface area contributed by atoms with E-state index >= 15 is 0 Å². The van der Waals surface area contributed by atoms with Gasteiger partial charge in [-0.3, -0.25) is 0 Å². The second kappa shape index (κ2) is 5.32. The minimum Gasteiger partial charge on any atom is -0.365 e. The van der Waals surface area contributed by atoms with Crippen molar-refractivity contribution in [3.63, 3.8) is 0 Å². The zero-order valence-electron chi connectivity index (χ0n) is 13.2. The van der Waals surface area contributed by atoms with Crippen molar-refractivity contribution < 1.29 is 4.39 Å². The Morgan fingerprint density at radius 1 is 1.24 bits per heavy atom. The fourth-order valence-corrected chi connectivity index (χ4v) is 3.64. The molecule has 0 amide bonds. The van der Waals surface area contributed by atoms with E-state index in [0.29, 0.717) is 5.92 Å². The van der Waals surface area contributed by atoms with E-state index in [0.717, 1.165) is 30.6 Å². The zero-order valence-corrected chi connectivity index (χ0v) is 13.2. The van der Waals surface area contributed by atoms with Gasteiger partial charge in [-0.05, 0) is 73.9 Å². The lowest BCUT2D eigenvalue weighted by Gasteiger charge is -2.31. The van der Waals surface area contributed by atoms with Gasteiger partial charge in [0.1, 0.15) is 6.17 Å². The van der Waals surface area contributed by atoms with Gasteiger partial charge in [-0.1, -0.05) is 18.7 Å². The first kappa shape index (κ1) is 14.4. The Hall–Kier alpha value is -1.57. The number of fused-ring (bicyclic) bond motifs is 2. The van der Waals surface area contributed by atoms with Gasteiger partial charge in [-0.25, -0.2) is 4.39 Å². The first-order chi connectivity index (χ1) is 9.97. The average molecular weight is 285 g/mol. The third-order valence-electron chi connectivity index (χ3n) is 5.19. The average Bonchev–Trinajstić information content (AvgIpc) is 2.78. The Morgan fingerprint density at radius 2 is 1.90 bits per heavy atom. The summed E-state index contributed by atoms with van der Waals surface area (Å²) in [6, 6.07) is 4.33. The molecular weight excluding hydrogens is 261 g/mol. The molecular formula is C19H24FN. The predicted octanol–water partition coefficient (Wildman–Crippen LogP) is 4.57. The molecule has 1 heterocycles. The molecule has 1 aromatic rings. The van der Waals surface area contributed by atoms with Crippen LogP contribution in [0.3, 0.4) is 0 Å². The summed E-state index contributed by atoms with van der Waals surface area (Å²) in [6.07, 6.45) is 4.80. The van der Waals surface area contributed by atoms with Crippen LogP contribution in [-0.2, 0) is 0 Å². The number of hydrogen-bond acceptors (Lipinski definition) is 1. The number of nitrogens with zero attached hydrogens (tertiary/aromatic N) is 1. The number of hydrogen-bond donors (Lipinski definition) is 0. The van der Waals surface area contributed by atoms with E-state index in [1.807, 2.05) is 6.08 Å². The van der Waals surface area contributed by atoms with Gasteiger partial charge >= 0.3 is 0 Å². The van der Waals surface area contributed by atoms with E-state index in [1.54, 1.807) is 6.08 Å². The van der Waals surface area contributed by atoms with Crippen molar-refractivity contribution in [2.24, 2.45) is 5.92 Å². The third-order valence-corrected chi connectivity index (χ3v) is 5.19. The highest BCUT2D eigenvalue weighted by Gasteiger charge is 2.38. The highest BCUT2D eigenvalue weighted by Crippen LogP contribution is 2.37. The van der Waals surface area contributed by atoms with Gasteiger partial charge in [-0.2, -0.15) is 0 Å². The maximum absolute atomic E-state index is 14.3. The largest absolute Gasteiger partial charge is 0.365 e. The number of benzene rings is 1. The van der Waals surface area contributed by atoms with Crippen LogP contribution in [0, 0.1) is 26.7 Å². The lowest BCUT2D eigenvalue weighted by Crippen LogP contribution is -2.34. The van der Waals surface area contributed by atoms with E-state index in [-0.39, 0.29) is 6.04 Å². The van der Waals surface area contributed by atoms with Gasteiger partial charge in [0.05, 0.1) is 6.04 Å². The van der Waals surface area contributed by atoms with Crippen molar-refractivity contribution in [1.82, 2.24) is 4.90 Å². The summed E-state index contributed by atoms with van der Waals surface area (Å²) in [6.45, 7) is 11.6. The summed E-state index contributed by atoms with van der Waals surface area (Å²) in [7, 11) is 0. The van der Waals surface area contributed by atoms with Gasteiger partial charge in [0, 0.05) is 12.2 Å². The molecule has 0 spiro atoms. The molecule has 3 rings (SSSR count). The second-order valence-electron chi connectivity index (χ2n) is 6.61. The fraction of sp³-hybridized carbons (Fsp3) is 0.474. The molecule has 21 heavy (non-hydrogen) atoms. The molecule has 3 unspecified atom stereocenters. The van der Waals surface area contributed by atoms with Crippen LogP contribution >= 0.6 is 0 Å². The summed E-state index contributed by atoms with van der Waals surface area (Å²) in [4.78, 5) is 2.20. The number of halogens is 1.